The zero-order chi connectivity index (χ0) is 14.7. The second kappa shape index (κ2) is 5.83. The van der Waals surface area contributed by atoms with E-state index in [0.29, 0.717) is 25.3 Å². The molecule has 1 aliphatic heterocycles. The number of hydrogen-bond acceptors (Lipinski definition) is 3. The summed E-state index contributed by atoms with van der Waals surface area (Å²) in [6, 6.07) is 13.0. The first-order chi connectivity index (χ1) is 10.3. The highest BCUT2D eigenvalue weighted by atomic mass is 16.3. The Morgan fingerprint density at radius 3 is 2.76 bits per heavy atom. The van der Waals surface area contributed by atoms with Gasteiger partial charge < -0.3 is 14.6 Å². The molecule has 1 N–H and O–H groups in total. The van der Waals surface area contributed by atoms with Crippen molar-refractivity contribution in [3.63, 3.8) is 0 Å². The third kappa shape index (κ3) is 2.81. The van der Waals surface area contributed by atoms with Gasteiger partial charge >= 0.3 is 0 Å². The van der Waals surface area contributed by atoms with Crippen LogP contribution in [0, 0.1) is 5.92 Å². The zero-order valence-corrected chi connectivity index (χ0v) is 11.5. The fourth-order valence-electron chi connectivity index (χ4n) is 2.50. The molecule has 0 aliphatic carbocycles. The highest BCUT2D eigenvalue weighted by molar-refractivity contribution is 6.09. The Morgan fingerprint density at radius 1 is 1.24 bits per heavy atom. The topological polar surface area (TPSA) is 62.6 Å². The average Bonchev–Trinajstić information content (AvgIpc) is 3.15. The highest BCUT2D eigenvalue weighted by Gasteiger charge is 2.37. The summed E-state index contributed by atoms with van der Waals surface area (Å²) in [4.78, 5) is 26.1. The number of furan rings is 1. The van der Waals surface area contributed by atoms with Gasteiger partial charge in [0.05, 0.1) is 12.8 Å². The fraction of sp³-hybridized carbons (Fsp3) is 0.250. The Labute approximate surface area is 122 Å². The van der Waals surface area contributed by atoms with Crippen molar-refractivity contribution in [1.82, 2.24) is 5.32 Å². The number of nitrogens with zero attached hydrogens (tertiary/aromatic N) is 1. The number of carbonyl (C=O) groups is 2. The van der Waals surface area contributed by atoms with E-state index in [9.17, 15) is 9.59 Å². The van der Waals surface area contributed by atoms with E-state index in [4.69, 9.17) is 4.42 Å². The third-order valence-electron chi connectivity index (χ3n) is 3.61. The molecule has 21 heavy (non-hydrogen) atoms. The summed E-state index contributed by atoms with van der Waals surface area (Å²) in [5.41, 5.74) is 0.837. The van der Waals surface area contributed by atoms with Gasteiger partial charge in [0.2, 0.25) is 11.8 Å². The predicted octanol–water partition coefficient (Wildman–Crippen LogP) is 1.95. The summed E-state index contributed by atoms with van der Waals surface area (Å²) < 4.78 is 5.15. The molecule has 2 amide bonds. The Morgan fingerprint density at radius 2 is 2.05 bits per heavy atom. The van der Waals surface area contributed by atoms with Gasteiger partial charge in [-0.05, 0) is 30.7 Å². The second-order valence-electron chi connectivity index (χ2n) is 4.96. The van der Waals surface area contributed by atoms with E-state index >= 15 is 0 Å². The molecule has 5 heteroatoms. The predicted molar refractivity (Wildman–Crippen MR) is 77.5 cm³/mol. The molecule has 1 aromatic heterocycles. The molecule has 0 unspecified atom stereocenters. The van der Waals surface area contributed by atoms with Crippen LogP contribution in [0.2, 0.25) is 0 Å². The van der Waals surface area contributed by atoms with E-state index in [0.717, 1.165) is 5.69 Å². The van der Waals surface area contributed by atoms with Crippen LogP contribution in [-0.2, 0) is 16.1 Å². The lowest BCUT2D eigenvalue weighted by molar-refractivity contribution is -0.132. The van der Waals surface area contributed by atoms with Crippen LogP contribution in [0.15, 0.2) is 53.1 Å². The van der Waals surface area contributed by atoms with Crippen LogP contribution in [0.3, 0.4) is 0 Å². The Hall–Kier alpha value is -2.56. The number of nitrogens with one attached hydrogen (secondary N) is 1. The summed E-state index contributed by atoms with van der Waals surface area (Å²) in [5, 5.41) is 2.75. The standard InChI is InChI=1S/C16H16N2O3/c19-15(17-11-13-7-4-10-21-13)14-8-9-18(16(14)20)12-5-2-1-3-6-12/h1-7,10,14H,8-9,11H2,(H,17,19)/t14-/m0/s1. The average molecular weight is 284 g/mol. The van der Waals surface area contributed by atoms with E-state index in [2.05, 4.69) is 5.32 Å². The van der Waals surface area contributed by atoms with Crippen LogP contribution >= 0.6 is 0 Å². The molecule has 2 aromatic rings. The Kier molecular flexibility index (Phi) is 3.73. The molecule has 1 atom stereocenters. The Balaban J connectivity index is 1.62. The Bertz CT molecular complexity index is 622. The van der Waals surface area contributed by atoms with Crippen molar-refractivity contribution in [3.05, 3.63) is 54.5 Å². The number of carbonyl (C=O) groups excluding carboxylic acids is 2. The molecule has 2 heterocycles. The molecule has 1 aliphatic rings. The SMILES string of the molecule is O=C(NCc1ccco1)[C@@H]1CCN(c2ccccc2)C1=O. The van der Waals surface area contributed by atoms with Crippen LogP contribution in [-0.4, -0.2) is 18.4 Å². The molecular weight excluding hydrogens is 268 g/mol. The normalized spacial score (nSPS) is 18.0. The number of benzene rings is 1. The monoisotopic (exact) mass is 284 g/mol. The largest absolute Gasteiger partial charge is 0.467 e. The van der Waals surface area contributed by atoms with Crippen molar-refractivity contribution < 1.29 is 14.0 Å². The first kappa shape index (κ1) is 13.4. The lowest BCUT2D eigenvalue weighted by atomic mass is 10.1. The van der Waals surface area contributed by atoms with Crippen LogP contribution in [0.4, 0.5) is 5.69 Å². The summed E-state index contributed by atoms with van der Waals surface area (Å²) in [7, 11) is 0. The van der Waals surface area contributed by atoms with E-state index < -0.39 is 5.92 Å². The molecule has 0 bridgehead atoms. The quantitative estimate of drug-likeness (QED) is 0.873. The maximum Gasteiger partial charge on any atom is 0.239 e. The number of para-hydroxylation sites is 1. The zero-order valence-electron chi connectivity index (χ0n) is 11.5. The van der Waals surface area contributed by atoms with Crippen molar-refractivity contribution >= 4 is 17.5 Å². The van der Waals surface area contributed by atoms with Gasteiger partial charge in [-0.1, -0.05) is 18.2 Å². The van der Waals surface area contributed by atoms with Gasteiger partial charge in [-0.3, -0.25) is 9.59 Å². The lowest BCUT2D eigenvalue weighted by Crippen LogP contribution is -2.36. The first-order valence-corrected chi connectivity index (χ1v) is 6.92. The van der Waals surface area contributed by atoms with Gasteiger partial charge in [0.15, 0.2) is 0 Å². The second-order valence-corrected chi connectivity index (χ2v) is 4.96. The molecule has 0 radical (unpaired) electrons. The maximum atomic E-state index is 12.4. The minimum atomic E-state index is -0.611. The van der Waals surface area contributed by atoms with Crippen molar-refractivity contribution in [3.8, 4) is 0 Å². The molecule has 1 fully saturated rings. The van der Waals surface area contributed by atoms with Gasteiger partial charge in [0.25, 0.3) is 0 Å². The third-order valence-corrected chi connectivity index (χ3v) is 3.61. The van der Waals surface area contributed by atoms with Gasteiger partial charge in [-0.2, -0.15) is 0 Å². The molecule has 5 nitrogen and oxygen atoms in total. The van der Waals surface area contributed by atoms with Gasteiger partial charge in [-0.15, -0.1) is 0 Å². The summed E-state index contributed by atoms with van der Waals surface area (Å²) in [6.45, 7) is 0.878. The first-order valence-electron chi connectivity index (χ1n) is 6.92. The molecule has 108 valence electrons. The van der Waals surface area contributed by atoms with Crippen molar-refractivity contribution in [1.29, 1.82) is 0 Å². The van der Waals surface area contributed by atoms with Crippen molar-refractivity contribution in [2.45, 2.75) is 13.0 Å². The number of amides is 2. The molecule has 3 rings (SSSR count). The smallest absolute Gasteiger partial charge is 0.239 e. The van der Waals surface area contributed by atoms with E-state index in [1.54, 1.807) is 23.3 Å². The molecule has 0 spiro atoms. The summed E-state index contributed by atoms with van der Waals surface area (Å²) in [6.07, 6.45) is 2.09. The fourth-order valence-corrected chi connectivity index (χ4v) is 2.50. The summed E-state index contributed by atoms with van der Waals surface area (Å²) >= 11 is 0. The van der Waals surface area contributed by atoms with Crippen LogP contribution in [0.5, 0.6) is 0 Å². The van der Waals surface area contributed by atoms with E-state index in [1.165, 1.54) is 0 Å². The van der Waals surface area contributed by atoms with E-state index in [-0.39, 0.29) is 11.8 Å². The molecule has 1 aromatic carbocycles. The molecule has 1 saturated heterocycles. The minimum Gasteiger partial charge on any atom is -0.467 e. The van der Waals surface area contributed by atoms with Crippen molar-refractivity contribution in [2.75, 3.05) is 11.4 Å². The van der Waals surface area contributed by atoms with Gasteiger partial charge in [0.1, 0.15) is 11.7 Å². The van der Waals surface area contributed by atoms with Crippen LogP contribution < -0.4 is 10.2 Å². The summed E-state index contributed by atoms with van der Waals surface area (Å²) in [5.74, 6) is -0.318. The molecular formula is C16H16N2O3. The van der Waals surface area contributed by atoms with E-state index in [1.807, 2.05) is 30.3 Å². The minimum absolute atomic E-state index is 0.141. The number of rotatable bonds is 4. The number of anilines is 1. The van der Waals surface area contributed by atoms with Gasteiger partial charge in [0, 0.05) is 12.2 Å². The lowest BCUT2D eigenvalue weighted by Gasteiger charge is -2.16. The highest BCUT2D eigenvalue weighted by Crippen LogP contribution is 2.25. The number of hydrogen-bond donors (Lipinski definition) is 1. The maximum absolute atomic E-state index is 12.4. The van der Waals surface area contributed by atoms with Crippen LogP contribution in [0.1, 0.15) is 12.2 Å². The van der Waals surface area contributed by atoms with Gasteiger partial charge in [-0.25, -0.2) is 0 Å². The van der Waals surface area contributed by atoms with Crippen molar-refractivity contribution in [2.24, 2.45) is 5.92 Å². The van der Waals surface area contributed by atoms with Crippen LogP contribution in [0.25, 0.3) is 0 Å². The molecule has 0 saturated carbocycles.